The number of Topliss-reactive ketones (excluding diaryl/α,β-unsaturated/α-hetero) is 1. The van der Waals surface area contributed by atoms with Crippen molar-refractivity contribution in [3.63, 3.8) is 0 Å². The molecule has 0 aromatic heterocycles. The van der Waals surface area contributed by atoms with E-state index in [1.165, 1.54) is 29.5 Å². The largest absolute Gasteiger partial charge is 0.497 e. The second-order valence-electron chi connectivity index (χ2n) is 7.18. The Bertz CT molecular complexity index is 629. The molecule has 0 saturated heterocycles. The molecule has 0 amide bonds. The van der Waals surface area contributed by atoms with Gasteiger partial charge in [0.25, 0.3) is 0 Å². The van der Waals surface area contributed by atoms with Gasteiger partial charge in [-0.2, -0.15) is 0 Å². The van der Waals surface area contributed by atoms with Crippen LogP contribution in [0.15, 0.2) is 18.7 Å². The summed E-state index contributed by atoms with van der Waals surface area (Å²) in [5, 5.41) is 0. The maximum atomic E-state index is 13.1. The van der Waals surface area contributed by atoms with Gasteiger partial charge in [-0.05, 0) is 61.9 Å². The van der Waals surface area contributed by atoms with Gasteiger partial charge in [0, 0.05) is 5.92 Å². The van der Waals surface area contributed by atoms with Gasteiger partial charge in [-0.25, -0.2) is 0 Å². The molecule has 1 aromatic rings. The summed E-state index contributed by atoms with van der Waals surface area (Å²) in [4.78, 5) is 13.1. The number of fused-ring (bicyclic) bond motifs is 4. The van der Waals surface area contributed by atoms with E-state index in [0.717, 1.165) is 37.0 Å². The van der Waals surface area contributed by atoms with Crippen LogP contribution in [0.2, 0.25) is 0 Å². The Morgan fingerprint density at radius 3 is 2.77 bits per heavy atom. The summed E-state index contributed by atoms with van der Waals surface area (Å²) in [5.41, 5.74) is 4.41. The van der Waals surface area contributed by atoms with Crippen LogP contribution >= 0.6 is 0 Å². The van der Waals surface area contributed by atoms with Crippen molar-refractivity contribution in [2.75, 3.05) is 7.11 Å². The van der Waals surface area contributed by atoms with Crippen LogP contribution in [0.3, 0.4) is 0 Å². The molecule has 0 spiro atoms. The quantitative estimate of drug-likeness (QED) is 0.791. The molecule has 0 aliphatic heterocycles. The van der Waals surface area contributed by atoms with Gasteiger partial charge in [-0.3, -0.25) is 4.79 Å². The second-order valence-corrected chi connectivity index (χ2v) is 7.18. The third-order valence-electron chi connectivity index (χ3n) is 5.61. The minimum atomic E-state index is -0.350. The van der Waals surface area contributed by atoms with Crippen LogP contribution in [-0.4, -0.2) is 12.9 Å². The predicted molar refractivity (Wildman–Crippen MR) is 90.3 cm³/mol. The van der Waals surface area contributed by atoms with Crippen molar-refractivity contribution in [3.05, 3.63) is 35.4 Å². The molecule has 2 bridgehead atoms. The van der Waals surface area contributed by atoms with Gasteiger partial charge in [-0.1, -0.05) is 31.4 Å². The van der Waals surface area contributed by atoms with Crippen LogP contribution in [0.4, 0.5) is 0 Å². The number of carbonyl (C=O) groups excluding carboxylic acids is 1. The van der Waals surface area contributed by atoms with Gasteiger partial charge in [0.05, 0.1) is 12.5 Å². The molecule has 2 atom stereocenters. The van der Waals surface area contributed by atoms with Crippen LogP contribution in [0.1, 0.15) is 62.6 Å². The first-order chi connectivity index (χ1) is 10.5. The Morgan fingerprint density at radius 2 is 2.09 bits per heavy atom. The zero-order valence-corrected chi connectivity index (χ0v) is 14.0. The van der Waals surface area contributed by atoms with Gasteiger partial charge in [0.2, 0.25) is 0 Å². The van der Waals surface area contributed by atoms with Crippen molar-refractivity contribution >= 4 is 11.4 Å². The van der Waals surface area contributed by atoms with Gasteiger partial charge in [0.15, 0.2) is 0 Å². The third kappa shape index (κ3) is 2.29. The van der Waals surface area contributed by atoms with Crippen LogP contribution < -0.4 is 4.74 Å². The number of allylic oxidation sites excluding steroid dienone is 1. The van der Waals surface area contributed by atoms with E-state index in [1.807, 2.05) is 6.92 Å². The van der Waals surface area contributed by atoms with Gasteiger partial charge < -0.3 is 4.74 Å². The lowest BCUT2D eigenvalue weighted by Crippen LogP contribution is -2.44. The fraction of sp³-hybridized carbons (Fsp3) is 0.550. The van der Waals surface area contributed by atoms with Crippen LogP contribution in [0.5, 0.6) is 5.75 Å². The number of benzene rings is 1. The number of hydrogen-bond donors (Lipinski definition) is 0. The summed E-state index contributed by atoms with van der Waals surface area (Å²) >= 11 is 0. The topological polar surface area (TPSA) is 26.3 Å². The Balaban J connectivity index is 2.24. The zero-order valence-electron chi connectivity index (χ0n) is 14.0. The molecule has 0 heterocycles. The number of rotatable bonds is 2. The number of ketones is 1. The summed E-state index contributed by atoms with van der Waals surface area (Å²) in [6, 6.07) is 4.18. The average Bonchev–Trinajstić information content (AvgIpc) is 2.50. The number of hydrogen-bond acceptors (Lipinski definition) is 2. The molecule has 118 valence electrons. The molecule has 2 nitrogen and oxygen atoms in total. The van der Waals surface area contributed by atoms with Crippen molar-refractivity contribution in [2.24, 2.45) is 5.92 Å². The molecule has 1 aromatic carbocycles. The number of ether oxygens (including phenoxy) is 1. The molecule has 0 N–H and O–H groups in total. The molecular formula is C20H26O2. The summed E-state index contributed by atoms with van der Waals surface area (Å²) in [5.74, 6) is 1.47. The predicted octanol–water partition coefficient (Wildman–Crippen LogP) is 4.69. The molecule has 2 aliphatic rings. The first kappa shape index (κ1) is 15.3. The monoisotopic (exact) mass is 298 g/mol. The van der Waals surface area contributed by atoms with Crippen LogP contribution in [0, 0.1) is 5.92 Å². The lowest BCUT2D eigenvalue weighted by Gasteiger charge is -2.41. The Hall–Kier alpha value is -1.57. The molecule has 22 heavy (non-hydrogen) atoms. The summed E-state index contributed by atoms with van der Waals surface area (Å²) in [7, 11) is 1.69. The molecular weight excluding hydrogens is 272 g/mol. The summed E-state index contributed by atoms with van der Waals surface area (Å²) in [6.07, 6.45) is 6.42. The fourth-order valence-electron chi connectivity index (χ4n) is 4.32. The minimum absolute atomic E-state index is 0.185. The molecule has 1 fully saturated rings. The summed E-state index contributed by atoms with van der Waals surface area (Å²) in [6.45, 7) is 8.34. The molecule has 2 unspecified atom stereocenters. The summed E-state index contributed by atoms with van der Waals surface area (Å²) < 4.78 is 5.49. The van der Waals surface area contributed by atoms with E-state index in [2.05, 4.69) is 25.6 Å². The fourth-order valence-corrected chi connectivity index (χ4v) is 4.32. The van der Waals surface area contributed by atoms with E-state index in [4.69, 9.17) is 4.74 Å². The van der Waals surface area contributed by atoms with Crippen molar-refractivity contribution in [3.8, 4) is 5.75 Å². The lowest BCUT2D eigenvalue weighted by atomic mass is 9.61. The van der Waals surface area contributed by atoms with Gasteiger partial charge in [-0.15, -0.1) is 0 Å². The minimum Gasteiger partial charge on any atom is -0.497 e. The van der Waals surface area contributed by atoms with Gasteiger partial charge in [0.1, 0.15) is 11.5 Å². The van der Waals surface area contributed by atoms with Gasteiger partial charge >= 0.3 is 0 Å². The highest BCUT2D eigenvalue weighted by Gasteiger charge is 2.45. The molecule has 0 radical (unpaired) electrons. The lowest BCUT2D eigenvalue weighted by molar-refractivity contribution is -0.129. The Morgan fingerprint density at radius 1 is 1.32 bits per heavy atom. The molecule has 3 rings (SSSR count). The maximum absolute atomic E-state index is 13.1. The average molecular weight is 298 g/mol. The molecule has 1 saturated carbocycles. The first-order valence-electron chi connectivity index (χ1n) is 8.39. The van der Waals surface area contributed by atoms with E-state index in [9.17, 15) is 4.79 Å². The van der Waals surface area contributed by atoms with E-state index < -0.39 is 0 Å². The highest BCUT2D eigenvalue weighted by atomic mass is 16.5. The molecule has 2 aliphatic carbocycles. The third-order valence-corrected chi connectivity index (χ3v) is 5.61. The first-order valence-corrected chi connectivity index (χ1v) is 8.39. The van der Waals surface area contributed by atoms with E-state index >= 15 is 0 Å². The normalized spacial score (nSPS) is 27.6. The standard InChI is InChI=1S/C20H26O2/c1-13(2)16-11-15(22-4)12-18-17(16)10-14-8-6-5-7-9-20(18,3)19(14)21/h11-12,14H,1,5-10H2,2-4H3. The Labute approximate surface area is 133 Å². The zero-order chi connectivity index (χ0) is 15.9. The Kier molecular flexibility index (Phi) is 3.88. The number of methoxy groups -OCH3 is 1. The highest BCUT2D eigenvalue weighted by Crippen LogP contribution is 2.46. The van der Waals surface area contributed by atoms with Crippen LogP contribution in [-0.2, 0) is 16.6 Å². The highest BCUT2D eigenvalue weighted by molar-refractivity contribution is 5.95. The SMILES string of the molecule is C=C(C)c1cc(OC)cc2c1CC1CCCCCC2(C)C1=O. The number of carbonyl (C=O) groups is 1. The van der Waals surface area contributed by atoms with Crippen molar-refractivity contribution in [2.45, 2.75) is 57.8 Å². The maximum Gasteiger partial charge on any atom is 0.146 e. The second kappa shape index (κ2) is 5.57. The van der Waals surface area contributed by atoms with E-state index in [1.54, 1.807) is 7.11 Å². The van der Waals surface area contributed by atoms with Crippen molar-refractivity contribution in [1.29, 1.82) is 0 Å². The smallest absolute Gasteiger partial charge is 0.146 e. The van der Waals surface area contributed by atoms with E-state index in [-0.39, 0.29) is 11.3 Å². The van der Waals surface area contributed by atoms with Crippen molar-refractivity contribution < 1.29 is 9.53 Å². The van der Waals surface area contributed by atoms with Crippen molar-refractivity contribution in [1.82, 2.24) is 0 Å². The molecule has 2 heteroatoms. The van der Waals surface area contributed by atoms with Crippen LogP contribution in [0.25, 0.3) is 5.57 Å². The van der Waals surface area contributed by atoms with E-state index in [0.29, 0.717) is 5.78 Å².